The zero-order valence-corrected chi connectivity index (χ0v) is 17.6. The first kappa shape index (κ1) is 21.3. The molecule has 0 atom stereocenters. The van der Waals surface area contributed by atoms with Crippen molar-refractivity contribution in [1.29, 1.82) is 0 Å². The second-order valence-corrected chi connectivity index (χ2v) is 12.6. The van der Waals surface area contributed by atoms with Gasteiger partial charge in [0.25, 0.3) is 8.32 Å². The molecule has 0 radical (unpaired) electrons. The Morgan fingerprint density at radius 1 is 1.24 bits per heavy atom. The van der Waals surface area contributed by atoms with Crippen LogP contribution in [0.25, 0.3) is 0 Å². The molecule has 0 aliphatic rings. The SMILES string of the molecule is CC/C(=C\C(=O)O)CCc1ccc(O[Si](C)(C)C(C)(C)C)c(OC)c1. The van der Waals surface area contributed by atoms with E-state index >= 15 is 0 Å². The van der Waals surface area contributed by atoms with Crippen LogP contribution >= 0.6 is 0 Å². The van der Waals surface area contributed by atoms with Crippen LogP contribution in [0, 0.1) is 0 Å². The van der Waals surface area contributed by atoms with Crippen molar-refractivity contribution < 1.29 is 19.1 Å². The monoisotopic (exact) mass is 364 g/mol. The Bertz CT molecular complexity index is 627. The Hall–Kier alpha value is -1.75. The molecule has 1 rings (SSSR count). The van der Waals surface area contributed by atoms with Crippen LogP contribution in [0.3, 0.4) is 0 Å². The van der Waals surface area contributed by atoms with Crippen LogP contribution in [0.15, 0.2) is 29.8 Å². The highest BCUT2D eigenvalue weighted by Crippen LogP contribution is 2.40. The summed E-state index contributed by atoms with van der Waals surface area (Å²) in [4.78, 5) is 10.8. The summed E-state index contributed by atoms with van der Waals surface area (Å²) >= 11 is 0. The lowest BCUT2D eigenvalue weighted by Gasteiger charge is -2.36. The molecule has 0 heterocycles. The van der Waals surface area contributed by atoms with Crippen molar-refractivity contribution in [2.45, 2.75) is 65.1 Å². The van der Waals surface area contributed by atoms with Gasteiger partial charge in [0.2, 0.25) is 0 Å². The Kier molecular flexibility index (Phi) is 7.29. The zero-order valence-electron chi connectivity index (χ0n) is 16.6. The minimum atomic E-state index is -1.93. The molecule has 25 heavy (non-hydrogen) atoms. The van der Waals surface area contributed by atoms with Gasteiger partial charge in [0.15, 0.2) is 5.75 Å². The maximum Gasteiger partial charge on any atom is 0.328 e. The Morgan fingerprint density at radius 2 is 1.88 bits per heavy atom. The van der Waals surface area contributed by atoms with Gasteiger partial charge < -0.3 is 14.3 Å². The van der Waals surface area contributed by atoms with Gasteiger partial charge in [-0.05, 0) is 55.1 Å². The number of allylic oxidation sites excluding steroid dienone is 1. The number of aliphatic carboxylic acids is 1. The number of carboxylic acid groups (broad SMARTS) is 1. The van der Waals surface area contributed by atoms with Gasteiger partial charge in [-0.15, -0.1) is 0 Å². The topological polar surface area (TPSA) is 55.8 Å². The van der Waals surface area contributed by atoms with Crippen LogP contribution in [0.5, 0.6) is 11.5 Å². The van der Waals surface area contributed by atoms with Crippen molar-refractivity contribution in [3.8, 4) is 11.5 Å². The highest BCUT2D eigenvalue weighted by Gasteiger charge is 2.39. The van der Waals surface area contributed by atoms with Gasteiger partial charge in [-0.2, -0.15) is 0 Å². The molecule has 0 spiro atoms. The fraction of sp³-hybridized carbons (Fsp3) is 0.550. The summed E-state index contributed by atoms with van der Waals surface area (Å²) in [5.74, 6) is 0.643. The van der Waals surface area contributed by atoms with E-state index in [2.05, 4.69) is 33.9 Å². The van der Waals surface area contributed by atoms with Gasteiger partial charge in [-0.1, -0.05) is 39.3 Å². The molecule has 4 nitrogen and oxygen atoms in total. The smallest absolute Gasteiger partial charge is 0.328 e. The van der Waals surface area contributed by atoms with Gasteiger partial charge in [-0.3, -0.25) is 0 Å². The molecule has 0 saturated heterocycles. The molecule has 0 bridgehead atoms. The molecule has 1 N–H and O–H groups in total. The van der Waals surface area contributed by atoms with Gasteiger partial charge >= 0.3 is 5.97 Å². The van der Waals surface area contributed by atoms with Crippen molar-refractivity contribution in [3.63, 3.8) is 0 Å². The maximum absolute atomic E-state index is 10.8. The first-order chi connectivity index (χ1) is 11.5. The molecule has 0 amide bonds. The standard InChI is InChI=1S/C20H32O4Si/c1-8-15(14-19(21)22)9-10-16-11-12-17(18(13-16)23-5)24-25(6,7)20(2,3)4/h11-14H,8-10H2,1-7H3,(H,21,22)/b15-14+. The fourth-order valence-corrected chi connectivity index (χ4v) is 3.23. The van der Waals surface area contributed by atoms with Crippen LogP contribution in [0.1, 0.15) is 46.1 Å². The van der Waals surface area contributed by atoms with Crippen LogP contribution in [0.4, 0.5) is 0 Å². The lowest BCUT2D eigenvalue weighted by Crippen LogP contribution is -2.43. The quantitative estimate of drug-likeness (QED) is 0.493. The van der Waals surface area contributed by atoms with E-state index in [1.54, 1.807) is 7.11 Å². The lowest BCUT2D eigenvalue weighted by atomic mass is 10.0. The molecule has 0 aromatic heterocycles. The molecule has 1 aromatic carbocycles. The molecule has 0 saturated carbocycles. The number of rotatable bonds is 8. The van der Waals surface area contributed by atoms with Gasteiger partial charge in [0.05, 0.1) is 7.11 Å². The van der Waals surface area contributed by atoms with Gasteiger partial charge in [0.1, 0.15) is 5.75 Å². The molecule has 0 unspecified atom stereocenters. The normalized spacial score (nSPS) is 12.8. The molecular weight excluding hydrogens is 332 g/mol. The number of benzene rings is 1. The maximum atomic E-state index is 10.8. The number of carboxylic acids is 1. The minimum absolute atomic E-state index is 0.119. The summed E-state index contributed by atoms with van der Waals surface area (Å²) in [5, 5.41) is 9.01. The average Bonchev–Trinajstić information content (AvgIpc) is 2.50. The summed E-state index contributed by atoms with van der Waals surface area (Å²) in [6.07, 6.45) is 3.57. The second-order valence-electron chi connectivity index (χ2n) is 7.84. The summed E-state index contributed by atoms with van der Waals surface area (Å²) < 4.78 is 11.9. The number of hydrogen-bond donors (Lipinski definition) is 1. The van der Waals surface area contributed by atoms with Crippen molar-refractivity contribution in [2.24, 2.45) is 0 Å². The van der Waals surface area contributed by atoms with E-state index in [-0.39, 0.29) is 5.04 Å². The summed E-state index contributed by atoms with van der Waals surface area (Å²) in [5.41, 5.74) is 2.05. The second kappa shape index (κ2) is 8.56. The number of ether oxygens (including phenoxy) is 1. The van der Waals surface area contributed by atoms with Gasteiger partial charge in [-0.25, -0.2) is 4.79 Å². The highest BCUT2D eigenvalue weighted by atomic mass is 28.4. The lowest BCUT2D eigenvalue weighted by molar-refractivity contribution is -0.131. The van der Waals surface area contributed by atoms with Crippen molar-refractivity contribution in [1.82, 2.24) is 0 Å². The van der Waals surface area contributed by atoms with Crippen molar-refractivity contribution in [2.75, 3.05) is 7.11 Å². The van der Waals surface area contributed by atoms with Crippen LogP contribution in [0.2, 0.25) is 18.1 Å². The van der Waals surface area contributed by atoms with E-state index in [1.165, 1.54) is 6.08 Å². The third kappa shape index (κ3) is 6.23. The molecule has 0 fully saturated rings. The number of carbonyl (C=O) groups is 1. The average molecular weight is 365 g/mol. The largest absolute Gasteiger partial charge is 0.541 e. The van der Waals surface area contributed by atoms with E-state index < -0.39 is 14.3 Å². The van der Waals surface area contributed by atoms with E-state index in [0.717, 1.165) is 41.9 Å². The molecule has 0 aliphatic carbocycles. The number of methoxy groups -OCH3 is 1. The number of hydrogen-bond acceptors (Lipinski definition) is 3. The summed E-state index contributed by atoms with van der Waals surface area (Å²) in [7, 11) is -0.274. The van der Waals surface area contributed by atoms with E-state index in [0.29, 0.717) is 0 Å². The first-order valence-electron chi connectivity index (χ1n) is 8.78. The van der Waals surface area contributed by atoms with Crippen LogP contribution in [-0.2, 0) is 11.2 Å². The zero-order chi connectivity index (χ0) is 19.3. The Morgan fingerprint density at radius 3 is 2.36 bits per heavy atom. The van der Waals surface area contributed by atoms with Crippen molar-refractivity contribution in [3.05, 3.63) is 35.4 Å². The van der Waals surface area contributed by atoms with E-state index in [1.807, 2.05) is 25.1 Å². The summed E-state index contributed by atoms with van der Waals surface area (Å²) in [6.45, 7) is 13.0. The predicted molar refractivity (Wildman–Crippen MR) is 105 cm³/mol. The third-order valence-electron chi connectivity index (χ3n) is 4.92. The molecule has 140 valence electrons. The molecular formula is C20H32O4Si. The fourth-order valence-electron chi connectivity index (χ4n) is 2.21. The van der Waals surface area contributed by atoms with E-state index in [4.69, 9.17) is 14.3 Å². The Labute approximate surface area is 153 Å². The Balaban J connectivity index is 2.94. The van der Waals surface area contributed by atoms with Crippen LogP contribution < -0.4 is 9.16 Å². The minimum Gasteiger partial charge on any atom is -0.541 e. The molecule has 1 aromatic rings. The number of aryl methyl sites for hydroxylation is 1. The molecule has 0 aliphatic heterocycles. The van der Waals surface area contributed by atoms with Crippen LogP contribution in [-0.4, -0.2) is 26.5 Å². The first-order valence-corrected chi connectivity index (χ1v) is 11.7. The van der Waals surface area contributed by atoms with E-state index in [9.17, 15) is 4.79 Å². The third-order valence-corrected chi connectivity index (χ3v) is 9.26. The van der Waals surface area contributed by atoms with Gasteiger partial charge in [0, 0.05) is 6.08 Å². The summed E-state index contributed by atoms with van der Waals surface area (Å²) in [6, 6.07) is 6.01. The highest BCUT2D eigenvalue weighted by molar-refractivity contribution is 6.74. The molecule has 5 heteroatoms. The van der Waals surface area contributed by atoms with Crippen molar-refractivity contribution >= 4 is 14.3 Å². The predicted octanol–water partition coefficient (Wildman–Crippen LogP) is 5.43.